The largest absolute Gasteiger partial charge is 0.444 e. The molecule has 0 fully saturated rings. The van der Waals surface area contributed by atoms with Crippen molar-refractivity contribution in [1.29, 1.82) is 0 Å². The first kappa shape index (κ1) is 20.6. The van der Waals surface area contributed by atoms with Crippen molar-refractivity contribution in [1.82, 2.24) is 14.5 Å². The summed E-state index contributed by atoms with van der Waals surface area (Å²) in [6, 6.07) is 3.31. The summed E-state index contributed by atoms with van der Waals surface area (Å²) >= 11 is 2.20. The number of nitrogens with zero attached hydrogens (tertiary/aromatic N) is 4. The van der Waals surface area contributed by atoms with E-state index in [0.717, 1.165) is 10.9 Å². The lowest BCUT2D eigenvalue weighted by atomic mass is 10.1. The summed E-state index contributed by atoms with van der Waals surface area (Å²) in [5.74, 6) is -0.405. The number of ether oxygens (including phenoxy) is 1. The molecule has 2 amide bonds. The molecule has 0 bridgehead atoms. The predicted octanol–water partition coefficient (Wildman–Crippen LogP) is 3.91. The second kappa shape index (κ2) is 8.30. The molecule has 1 atom stereocenters. The van der Waals surface area contributed by atoms with Gasteiger partial charge in [-0.15, -0.1) is 0 Å². The molecule has 8 nitrogen and oxygen atoms in total. The van der Waals surface area contributed by atoms with Gasteiger partial charge in [-0.1, -0.05) is 0 Å². The van der Waals surface area contributed by atoms with Crippen LogP contribution in [0.25, 0.3) is 10.9 Å². The van der Waals surface area contributed by atoms with Crippen LogP contribution >= 0.6 is 28.4 Å². The minimum absolute atomic E-state index is 0.352. The number of nitrogens with one attached hydrogen (secondary N) is 1. The summed E-state index contributed by atoms with van der Waals surface area (Å²) in [7, 11) is 3.56. The molecule has 0 aliphatic carbocycles. The molecule has 2 aromatic rings. The maximum Gasteiger partial charge on any atom is 0.412 e. The van der Waals surface area contributed by atoms with Crippen LogP contribution in [0.2, 0.25) is 0 Å². The van der Waals surface area contributed by atoms with Gasteiger partial charge in [-0.25, -0.2) is 9.25 Å². The van der Waals surface area contributed by atoms with Crippen LogP contribution in [0.3, 0.4) is 0 Å². The van der Waals surface area contributed by atoms with Crippen molar-refractivity contribution in [3.63, 3.8) is 0 Å². The van der Waals surface area contributed by atoms with E-state index in [9.17, 15) is 9.59 Å². The van der Waals surface area contributed by atoms with Crippen LogP contribution in [0, 0.1) is 0 Å². The SMILES string of the molecule is CN(C)C=NC(=O)c1cc(NC(=O)OC(C)(C)C)c2cnn(PI)c2c1. The van der Waals surface area contributed by atoms with Gasteiger partial charge in [0.2, 0.25) is 0 Å². The van der Waals surface area contributed by atoms with E-state index in [4.69, 9.17) is 4.74 Å². The number of anilines is 1. The summed E-state index contributed by atoms with van der Waals surface area (Å²) in [4.78, 5) is 30.1. The monoisotopic (exact) mass is 489 g/mol. The van der Waals surface area contributed by atoms with Gasteiger partial charge in [0.15, 0.2) is 0 Å². The molecule has 0 radical (unpaired) electrons. The number of hydrogen-bond donors (Lipinski definition) is 1. The quantitative estimate of drug-likeness (QED) is 0.305. The number of fused-ring (bicyclic) bond motifs is 1. The number of rotatable bonds is 4. The van der Waals surface area contributed by atoms with Gasteiger partial charge < -0.3 is 9.64 Å². The molecule has 0 saturated carbocycles. The van der Waals surface area contributed by atoms with Gasteiger partial charge in [0.05, 0.1) is 30.1 Å². The summed E-state index contributed by atoms with van der Waals surface area (Å²) < 4.78 is 7.07. The van der Waals surface area contributed by atoms with Crippen LogP contribution in [0.1, 0.15) is 31.1 Å². The highest BCUT2D eigenvalue weighted by molar-refractivity contribution is 14.2. The Hall–Kier alpha value is -1.74. The maximum atomic E-state index is 12.4. The number of aliphatic imine (C=N–C) groups is 1. The molecular weight excluding hydrogens is 468 g/mol. The summed E-state index contributed by atoms with van der Waals surface area (Å²) in [5.41, 5.74) is 0.939. The number of aromatic nitrogens is 2. The Morgan fingerprint density at radius 2 is 2.08 bits per heavy atom. The molecule has 10 heteroatoms. The van der Waals surface area contributed by atoms with Crippen LogP contribution in [0.15, 0.2) is 23.3 Å². The standard InChI is InChI=1S/C16H21IN5O3P/c1-16(2,3)25-15(24)20-12-6-10(14(23)18-9-21(4)5)7-13-11(12)8-19-22(13)26-17/h6-9,26H,1-5H3,(H,20,24). The Morgan fingerprint density at radius 1 is 1.38 bits per heavy atom. The molecule has 1 aromatic heterocycles. The molecule has 2 rings (SSSR count). The Labute approximate surface area is 166 Å². The summed E-state index contributed by atoms with van der Waals surface area (Å²) in [5, 5.41) is 7.74. The van der Waals surface area contributed by atoms with Gasteiger partial charge in [-0.05, 0) is 54.9 Å². The first-order chi connectivity index (χ1) is 12.1. The minimum atomic E-state index is -0.625. The number of carbonyl (C=O) groups is 2. The van der Waals surface area contributed by atoms with Crippen molar-refractivity contribution < 1.29 is 14.3 Å². The average Bonchev–Trinajstić information content (AvgIpc) is 2.93. The molecule has 0 aliphatic rings. The highest BCUT2D eigenvalue weighted by atomic mass is 127. The first-order valence-corrected chi connectivity index (χ1v) is 11.8. The van der Waals surface area contributed by atoms with E-state index in [1.165, 1.54) is 6.34 Å². The lowest BCUT2D eigenvalue weighted by Gasteiger charge is -2.20. The van der Waals surface area contributed by atoms with Crippen molar-refractivity contribution in [3.8, 4) is 0 Å². The molecule has 0 aliphatic heterocycles. The molecule has 1 heterocycles. The van der Waals surface area contributed by atoms with E-state index in [2.05, 4.69) is 37.4 Å². The van der Waals surface area contributed by atoms with E-state index in [0.29, 0.717) is 17.6 Å². The fraction of sp³-hybridized carbons (Fsp3) is 0.375. The third-order valence-corrected chi connectivity index (χ3v) is 4.94. The fourth-order valence-corrected chi connectivity index (χ4v) is 3.61. The van der Waals surface area contributed by atoms with Gasteiger partial charge in [0, 0.05) is 25.0 Å². The van der Waals surface area contributed by atoms with E-state index < -0.39 is 17.6 Å². The molecular formula is C16H21IN5O3P. The Balaban J connectivity index is 2.45. The van der Waals surface area contributed by atoms with Gasteiger partial charge in [-0.3, -0.25) is 10.1 Å². The molecule has 26 heavy (non-hydrogen) atoms. The number of halogens is 1. The van der Waals surface area contributed by atoms with E-state index in [-0.39, 0.29) is 0 Å². The van der Waals surface area contributed by atoms with Crippen LogP contribution in [-0.4, -0.2) is 52.5 Å². The lowest BCUT2D eigenvalue weighted by molar-refractivity contribution is 0.0636. The van der Waals surface area contributed by atoms with Gasteiger partial charge in [0.1, 0.15) is 5.60 Å². The highest BCUT2D eigenvalue weighted by Gasteiger charge is 2.19. The zero-order valence-electron chi connectivity index (χ0n) is 15.2. The van der Waals surface area contributed by atoms with Gasteiger partial charge >= 0.3 is 6.09 Å². The second-order valence-electron chi connectivity index (χ2n) is 6.74. The summed E-state index contributed by atoms with van der Waals surface area (Å²) in [6.07, 6.45) is 2.85. The third-order valence-electron chi connectivity index (χ3n) is 3.06. The number of benzene rings is 1. The topological polar surface area (TPSA) is 88.8 Å². The molecule has 1 aromatic carbocycles. The highest BCUT2D eigenvalue weighted by Crippen LogP contribution is 2.33. The Morgan fingerprint density at radius 3 is 2.65 bits per heavy atom. The van der Waals surface area contributed by atoms with Crippen molar-refractivity contribution in [2.24, 2.45) is 4.99 Å². The van der Waals surface area contributed by atoms with E-state index in [1.807, 2.05) is 0 Å². The predicted molar refractivity (Wildman–Crippen MR) is 114 cm³/mol. The molecule has 1 N–H and O–H groups in total. The van der Waals surface area contributed by atoms with Crippen molar-refractivity contribution in [2.45, 2.75) is 26.4 Å². The zero-order chi connectivity index (χ0) is 19.5. The fourth-order valence-electron chi connectivity index (χ4n) is 2.08. The van der Waals surface area contributed by atoms with Crippen LogP contribution in [0.4, 0.5) is 10.5 Å². The van der Waals surface area contributed by atoms with Gasteiger partial charge in [0.25, 0.3) is 5.91 Å². The molecule has 0 saturated heterocycles. The van der Waals surface area contributed by atoms with Crippen molar-refractivity contribution in [2.75, 3.05) is 19.4 Å². The van der Waals surface area contributed by atoms with Crippen molar-refractivity contribution in [3.05, 3.63) is 23.9 Å². The lowest BCUT2D eigenvalue weighted by Crippen LogP contribution is -2.27. The van der Waals surface area contributed by atoms with E-state index in [1.54, 1.807) is 62.5 Å². The molecule has 1 unspecified atom stereocenters. The van der Waals surface area contributed by atoms with Crippen LogP contribution in [0.5, 0.6) is 0 Å². The number of carbonyl (C=O) groups excluding carboxylic acids is 2. The Kier molecular flexibility index (Phi) is 6.57. The average molecular weight is 489 g/mol. The third kappa shape index (κ3) is 5.38. The Bertz CT molecular complexity index is 857. The zero-order valence-corrected chi connectivity index (χ0v) is 18.4. The minimum Gasteiger partial charge on any atom is -0.444 e. The van der Waals surface area contributed by atoms with Gasteiger partial charge in [-0.2, -0.15) is 10.1 Å². The van der Waals surface area contributed by atoms with Crippen LogP contribution < -0.4 is 5.32 Å². The van der Waals surface area contributed by atoms with E-state index >= 15 is 0 Å². The van der Waals surface area contributed by atoms with Crippen molar-refractivity contribution >= 4 is 63.3 Å². The first-order valence-electron chi connectivity index (χ1n) is 7.74. The molecule has 140 valence electrons. The smallest absolute Gasteiger partial charge is 0.412 e. The molecule has 0 spiro atoms. The normalized spacial score (nSPS) is 12.2. The van der Waals surface area contributed by atoms with Crippen LogP contribution in [-0.2, 0) is 4.74 Å². The maximum absolute atomic E-state index is 12.4. The summed E-state index contributed by atoms with van der Waals surface area (Å²) in [6.45, 7) is 5.36. The number of amides is 2. The number of hydrogen-bond acceptors (Lipinski definition) is 4. The second-order valence-corrected chi connectivity index (χ2v) is 8.78.